The van der Waals surface area contributed by atoms with Crippen LogP contribution in [0.4, 0.5) is 11.4 Å². The maximum Gasteiger partial charge on any atom is 0.335 e. The Balaban J connectivity index is 2.23. The van der Waals surface area contributed by atoms with Crippen molar-refractivity contribution in [3.63, 3.8) is 0 Å². The van der Waals surface area contributed by atoms with Gasteiger partial charge in [0.25, 0.3) is 5.69 Å². The van der Waals surface area contributed by atoms with Crippen molar-refractivity contribution in [2.45, 2.75) is 0 Å². The first-order chi connectivity index (χ1) is 9.97. The van der Waals surface area contributed by atoms with E-state index in [1.807, 2.05) is 0 Å². The number of aliphatic imine (C=N–C) groups is 1. The molecule has 0 aromatic heterocycles. The Bertz CT molecular complexity index is 726. The predicted molar refractivity (Wildman–Crippen MR) is 81.5 cm³/mol. The van der Waals surface area contributed by atoms with Crippen molar-refractivity contribution in [2.24, 2.45) is 4.99 Å². The van der Waals surface area contributed by atoms with E-state index in [1.165, 1.54) is 24.4 Å². The molecular formula is C14H9BrN2O4. The summed E-state index contributed by atoms with van der Waals surface area (Å²) in [6.07, 6.45) is 1.48. The van der Waals surface area contributed by atoms with E-state index in [9.17, 15) is 14.9 Å². The van der Waals surface area contributed by atoms with Gasteiger partial charge in [0.15, 0.2) is 0 Å². The van der Waals surface area contributed by atoms with Crippen molar-refractivity contribution in [3.8, 4) is 0 Å². The molecule has 0 amide bonds. The van der Waals surface area contributed by atoms with Gasteiger partial charge in [-0.2, -0.15) is 0 Å². The lowest BCUT2D eigenvalue weighted by Crippen LogP contribution is -1.94. The lowest BCUT2D eigenvalue weighted by molar-refractivity contribution is -0.385. The Morgan fingerprint density at radius 2 is 1.90 bits per heavy atom. The minimum Gasteiger partial charge on any atom is -0.478 e. The molecule has 0 unspecified atom stereocenters. The second kappa shape index (κ2) is 6.27. The van der Waals surface area contributed by atoms with Crippen LogP contribution >= 0.6 is 15.9 Å². The van der Waals surface area contributed by atoms with Crippen molar-refractivity contribution in [3.05, 3.63) is 68.2 Å². The average Bonchev–Trinajstić information content (AvgIpc) is 2.46. The summed E-state index contributed by atoms with van der Waals surface area (Å²) in [7, 11) is 0. The topological polar surface area (TPSA) is 92.8 Å². The largest absolute Gasteiger partial charge is 0.478 e. The number of nitrogens with zero attached hydrogens (tertiary/aromatic N) is 2. The molecule has 0 bridgehead atoms. The van der Waals surface area contributed by atoms with Gasteiger partial charge in [-0.3, -0.25) is 15.1 Å². The Labute approximate surface area is 128 Å². The van der Waals surface area contributed by atoms with E-state index in [1.54, 1.807) is 24.3 Å². The molecule has 0 radical (unpaired) electrons. The van der Waals surface area contributed by atoms with Crippen LogP contribution < -0.4 is 0 Å². The smallest absolute Gasteiger partial charge is 0.335 e. The van der Waals surface area contributed by atoms with Gasteiger partial charge >= 0.3 is 5.97 Å². The molecule has 0 saturated carbocycles. The molecule has 0 aliphatic rings. The van der Waals surface area contributed by atoms with E-state index in [4.69, 9.17) is 5.11 Å². The maximum absolute atomic E-state index is 10.8. The molecule has 2 aromatic rings. The zero-order valence-corrected chi connectivity index (χ0v) is 12.1. The van der Waals surface area contributed by atoms with Crippen molar-refractivity contribution < 1.29 is 14.8 Å². The quantitative estimate of drug-likeness (QED) is 0.516. The molecule has 106 valence electrons. The van der Waals surface area contributed by atoms with Crippen LogP contribution in [0.5, 0.6) is 0 Å². The molecule has 7 heteroatoms. The van der Waals surface area contributed by atoms with E-state index in [2.05, 4.69) is 20.9 Å². The number of hydrogen-bond donors (Lipinski definition) is 1. The number of rotatable bonds is 4. The average molecular weight is 349 g/mol. The number of carboxylic acid groups (broad SMARTS) is 1. The molecule has 0 spiro atoms. The molecule has 1 N–H and O–H groups in total. The molecule has 0 fully saturated rings. The fourth-order valence-corrected chi connectivity index (χ4v) is 1.98. The van der Waals surface area contributed by atoms with Crippen LogP contribution in [0.25, 0.3) is 0 Å². The summed E-state index contributed by atoms with van der Waals surface area (Å²) in [4.78, 5) is 25.2. The number of carbonyl (C=O) groups is 1. The molecule has 2 rings (SSSR count). The molecule has 6 nitrogen and oxygen atoms in total. The highest BCUT2D eigenvalue weighted by atomic mass is 79.9. The molecule has 0 heterocycles. The van der Waals surface area contributed by atoms with Crippen LogP contribution in [-0.2, 0) is 0 Å². The number of benzene rings is 2. The highest BCUT2D eigenvalue weighted by molar-refractivity contribution is 9.10. The maximum atomic E-state index is 10.8. The third kappa shape index (κ3) is 3.73. The van der Waals surface area contributed by atoms with Gasteiger partial charge in [-0.05, 0) is 51.8 Å². The number of hydrogen-bond acceptors (Lipinski definition) is 4. The molecular weight excluding hydrogens is 340 g/mol. The normalized spacial score (nSPS) is 10.7. The van der Waals surface area contributed by atoms with Crippen molar-refractivity contribution in [1.29, 1.82) is 0 Å². The fourth-order valence-electron chi connectivity index (χ4n) is 1.59. The first kappa shape index (κ1) is 14.9. The summed E-state index contributed by atoms with van der Waals surface area (Å²) in [5.41, 5.74) is 1.27. The van der Waals surface area contributed by atoms with Crippen LogP contribution in [0, 0.1) is 10.1 Å². The van der Waals surface area contributed by atoms with Crippen LogP contribution in [0.3, 0.4) is 0 Å². The van der Waals surface area contributed by atoms with E-state index < -0.39 is 10.9 Å². The lowest BCUT2D eigenvalue weighted by Gasteiger charge is -1.98. The Hall–Kier alpha value is -2.54. The Morgan fingerprint density at radius 3 is 2.48 bits per heavy atom. The van der Waals surface area contributed by atoms with Crippen LogP contribution in [0.15, 0.2) is 51.9 Å². The van der Waals surface area contributed by atoms with Gasteiger partial charge in [-0.1, -0.05) is 6.07 Å². The summed E-state index contributed by atoms with van der Waals surface area (Å²) in [5.74, 6) is -1.01. The number of carboxylic acids is 1. The number of aromatic carboxylic acids is 1. The second-order valence-corrected chi connectivity index (χ2v) is 4.93. The molecule has 0 aliphatic heterocycles. The third-order valence-electron chi connectivity index (χ3n) is 2.64. The highest BCUT2D eigenvalue weighted by Gasteiger charge is 2.11. The molecule has 21 heavy (non-hydrogen) atoms. The minimum atomic E-state index is -1.01. The second-order valence-electron chi connectivity index (χ2n) is 4.08. The van der Waals surface area contributed by atoms with Gasteiger partial charge in [0, 0.05) is 12.3 Å². The van der Waals surface area contributed by atoms with Gasteiger partial charge < -0.3 is 5.11 Å². The van der Waals surface area contributed by atoms with Gasteiger partial charge in [0.2, 0.25) is 0 Å². The number of halogens is 1. The fraction of sp³-hybridized carbons (Fsp3) is 0. The SMILES string of the molecule is O=C(O)c1ccc(N=Cc2ccc(Br)c([N+](=O)[O-])c2)cc1. The van der Waals surface area contributed by atoms with E-state index in [-0.39, 0.29) is 11.3 Å². The first-order valence-corrected chi connectivity index (χ1v) is 6.58. The van der Waals surface area contributed by atoms with E-state index in [0.717, 1.165) is 0 Å². The van der Waals surface area contributed by atoms with Gasteiger partial charge in [-0.25, -0.2) is 4.79 Å². The van der Waals surface area contributed by atoms with Crippen molar-refractivity contribution in [1.82, 2.24) is 0 Å². The van der Waals surface area contributed by atoms with Crippen LogP contribution in [-0.4, -0.2) is 22.2 Å². The zero-order chi connectivity index (χ0) is 15.4. The summed E-state index contributed by atoms with van der Waals surface area (Å²) in [6, 6.07) is 10.7. The standard InChI is InChI=1S/C14H9BrN2O4/c15-12-6-1-9(7-13(12)17(20)21)8-16-11-4-2-10(3-5-11)14(18)19/h1-8H,(H,18,19). The van der Waals surface area contributed by atoms with Crippen molar-refractivity contribution in [2.75, 3.05) is 0 Å². The molecule has 2 aromatic carbocycles. The van der Waals surface area contributed by atoms with Gasteiger partial charge in [-0.15, -0.1) is 0 Å². The first-order valence-electron chi connectivity index (χ1n) is 5.79. The van der Waals surface area contributed by atoms with Crippen LogP contribution in [0.2, 0.25) is 0 Å². The third-order valence-corrected chi connectivity index (χ3v) is 3.31. The molecule has 0 saturated heterocycles. The highest BCUT2D eigenvalue weighted by Crippen LogP contribution is 2.25. The van der Waals surface area contributed by atoms with E-state index in [0.29, 0.717) is 15.7 Å². The Morgan fingerprint density at radius 1 is 1.24 bits per heavy atom. The van der Waals surface area contributed by atoms with Gasteiger partial charge in [0.05, 0.1) is 20.6 Å². The van der Waals surface area contributed by atoms with Crippen molar-refractivity contribution >= 4 is 39.5 Å². The van der Waals surface area contributed by atoms with Crippen LogP contribution in [0.1, 0.15) is 15.9 Å². The number of nitro benzene ring substituents is 1. The number of nitro groups is 1. The Kier molecular flexibility index (Phi) is 4.44. The predicted octanol–water partition coefficient (Wildman–Crippen LogP) is 3.81. The summed E-state index contributed by atoms with van der Waals surface area (Å²) in [6.45, 7) is 0. The molecule has 0 aliphatic carbocycles. The molecule has 0 atom stereocenters. The summed E-state index contributed by atoms with van der Waals surface area (Å²) in [5, 5.41) is 19.6. The zero-order valence-electron chi connectivity index (χ0n) is 10.6. The summed E-state index contributed by atoms with van der Waals surface area (Å²) < 4.78 is 0.399. The lowest BCUT2D eigenvalue weighted by atomic mass is 10.2. The van der Waals surface area contributed by atoms with E-state index >= 15 is 0 Å². The monoisotopic (exact) mass is 348 g/mol. The van der Waals surface area contributed by atoms with Gasteiger partial charge in [0.1, 0.15) is 0 Å². The minimum absolute atomic E-state index is 0.0415. The summed E-state index contributed by atoms with van der Waals surface area (Å²) >= 11 is 3.11.